The van der Waals surface area contributed by atoms with Gasteiger partial charge in [0.05, 0.1) is 0 Å². The van der Waals surface area contributed by atoms with Gasteiger partial charge >= 0.3 is 48.9 Å². The van der Waals surface area contributed by atoms with E-state index in [0.717, 1.165) is 0 Å². The summed E-state index contributed by atoms with van der Waals surface area (Å²) in [7, 11) is 0. The van der Waals surface area contributed by atoms with E-state index in [1.54, 1.807) is 12.1 Å². The Labute approximate surface area is 146 Å². The van der Waals surface area contributed by atoms with Crippen molar-refractivity contribution >= 4 is 48.9 Å². The van der Waals surface area contributed by atoms with E-state index in [1.165, 1.54) is 11.1 Å². The zero-order valence-electron chi connectivity index (χ0n) is 12.4. The van der Waals surface area contributed by atoms with Gasteiger partial charge in [0, 0.05) is 5.41 Å². The van der Waals surface area contributed by atoms with Crippen molar-refractivity contribution in [3.8, 4) is 5.75 Å². The molecule has 0 bridgehead atoms. The van der Waals surface area contributed by atoms with Crippen LogP contribution in [0.3, 0.4) is 0 Å². The summed E-state index contributed by atoms with van der Waals surface area (Å²) in [5, 5.41) is 9.29. The van der Waals surface area contributed by atoms with Gasteiger partial charge in [0.15, 0.2) is 0 Å². The molecule has 2 rings (SSSR count). The van der Waals surface area contributed by atoms with E-state index < -0.39 is 0 Å². The molecule has 2 heteroatoms. The van der Waals surface area contributed by atoms with Crippen molar-refractivity contribution in [1.82, 2.24) is 0 Å². The van der Waals surface area contributed by atoms with Crippen LogP contribution in [-0.2, 0) is 5.41 Å². The fraction of sp³-hybridized carbons (Fsp3) is 0.200. The topological polar surface area (TPSA) is 20.2 Å². The third kappa shape index (κ3) is 3.39. The average Bonchev–Trinajstić information content (AvgIpc) is 2.31. The van der Waals surface area contributed by atoms with Crippen LogP contribution in [-0.4, -0.2) is 54.0 Å². The largest absolute Gasteiger partial charge is 2.00 e. The van der Waals surface area contributed by atoms with Gasteiger partial charge in [-0.25, -0.2) is 0 Å². The Hall–Kier alpha value is -0.189. The van der Waals surface area contributed by atoms with Gasteiger partial charge in [-0.15, -0.1) is 0 Å². The molecule has 0 spiro atoms. The Kier molecular flexibility index (Phi) is 5.35. The molecule has 0 heterocycles. The second-order valence-corrected chi connectivity index (χ2v) is 4.54. The fourth-order valence-corrected chi connectivity index (χ4v) is 1.90. The molecular weight excluding hydrogens is 333 g/mol. The molecule has 0 amide bonds. The summed E-state index contributed by atoms with van der Waals surface area (Å²) < 4.78 is 0. The van der Waals surface area contributed by atoms with E-state index in [2.05, 4.69) is 38.1 Å². The van der Waals surface area contributed by atoms with Crippen molar-refractivity contribution in [2.75, 3.05) is 0 Å². The van der Waals surface area contributed by atoms with Crippen molar-refractivity contribution in [2.24, 2.45) is 0 Å². The van der Waals surface area contributed by atoms with Gasteiger partial charge in [0.25, 0.3) is 0 Å². The van der Waals surface area contributed by atoms with Gasteiger partial charge < -0.3 is 7.96 Å². The third-order valence-corrected chi connectivity index (χ3v) is 3.08. The number of benzene rings is 2. The van der Waals surface area contributed by atoms with E-state index in [1.807, 2.05) is 18.2 Å². The Morgan fingerprint density at radius 2 is 1.29 bits per heavy atom. The molecule has 17 heavy (non-hydrogen) atoms. The minimum atomic E-state index is -0.0328. The Morgan fingerprint density at radius 3 is 1.82 bits per heavy atom. The Bertz CT molecular complexity index is 469. The molecule has 0 aliphatic carbocycles. The van der Waals surface area contributed by atoms with Crippen LogP contribution in [0.15, 0.2) is 54.6 Å². The first-order valence-corrected chi connectivity index (χ1v) is 5.46. The minimum Gasteiger partial charge on any atom is -1.00 e. The molecule has 0 radical (unpaired) electrons. The maximum atomic E-state index is 9.29. The SMILES string of the molecule is CC(C)(c1ccccc1)c1ccc(O)cc1.[Ba+2].[H-].[H-]. The summed E-state index contributed by atoms with van der Waals surface area (Å²) in [4.78, 5) is 0. The number of phenolic OH excluding ortho intramolecular Hbond substituents is 1. The summed E-state index contributed by atoms with van der Waals surface area (Å²) in [5.74, 6) is 0.313. The molecule has 86 valence electrons. The van der Waals surface area contributed by atoms with Crippen LogP contribution in [0, 0.1) is 0 Å². The van der Waals surface area contributed by atoms with Crippen LogP contribution in [0.4, 0.5) is 0 Å². The fourth-order valence-electron chi connectivity index (χ4n) is 1.90. The first kappa shape index (κ1) is 14.9. The first-order chi connectivity index (χ1) is 7.60. The number of hydrogen-bond donors (Lipinski definition) is 1. The van der Waals surface area contributed by atoms with Crippen LogP contribution >= 0.6 is 0 Å². The molecule has 0 aliphatic rings. The van der Waals surface area contributed by atoms with Crippen LogP contribution < -0.4 is 0 Å². The molecule has 0 saturated heterocycles. The van der Waals surface area contributed by atoms with Crippen LogP contribution in [0.1, 0.15) is 27.8 Å². The molecule has 1 N–H and O–H groups in total. The number of rotatable bonds is 2. The second kappa shape index (κ2) is 6.12. The molecule has 2 aromatic carbocycles. The van der Waals surface area contributed by atoms with E-state index in [4.69, 9.17) is 0 Å². The molecule has 0 fully saturated rings. The maximum absolute atomic E-state index is 9.29. The number of phenols is 1. The predicted molar refractivity (Wildman–Crippen MR) is 74.7 cm³/mol. The summed E-state index contributed by atoms with van der Waals surface area (Å²) in [5.41, 5.74) is 2.45. The van der Waals surface area contributed by atoms with Gasteiger partial charge in [0.1, 0.15) is 5.75 Å². The van der Waals surface area contributed by atoms with Crippen molar-refractivity contribution < 1.29 is 7.96 Å². The molecule has 0 aromatic heterocycles. The summed E-state index contributed by atoms with van der Waals surface area (Å²) >= 11 is 0. The predicted octanol–water partition coefficient (Wildman–Crippen LogP) is 3.56. The standard InChI is InChI=1S/C15H16O.Ba.2H/c1-15(2,12-6-4-3-5-7-12)13-8-10-14(16)11-9-13;;;/h3-11,16H,1-2H3;;;/q;+2;2*-1. The smallest absolute Gasteiger partial charge is 1.00 e. The van der Waals surface area contributed by atoms with Crippen molar-refractivity contribution in [1.29, 1.82) is 0 Å². The Morgan fingerprint density at radius 1 is 0.824 bits per heavy atom. The van der Waals surface area contributed by atoms with Crippen LogP contribution in [0.25, 0.3) is 0 Å². The van der Waals surface area contributed by atoms with E-state index in [9.17, 15) is 5.11 Å². The minimum absolute atomic E-state index is 0. The molecule has 0 saturated carbocycles. The summed E-state index contributed by atoms with van der Waals surface area (Å²) in [6, 6.07) is 17.8. The third-order valence-electron chi connectivity index (χ3n) is 3.08. The average molecular weight is 352 g/mol. The van der Waals surface area contributed by atoms with E-state index >= 15 is 0 Å². The van der Waals surface area contributed by atoms with Gasteiger partial charge in [-0.1, -0.05) is 56.3 Å². The van der Waals surface area contributed by atoms with Gasteiger partial charge in [-0.3, -0.25) is 0 Å². The molecular formula is C15H18BaO. The monoisotopic (exact) mass is 352 g/mol. The second-order valence-electron chi connectivity index (χ2n) is 4.54. The maximum Gasteiger partial charge on any atom is 2.00 e. The molecule has 1 nitrogen and oxygen atoms in total. The number of hydrogen-bond acceptors (Lipinski definition) is 1. The normalized spacial score (nSPS) is 10.7. The van der Waals surface area contributed by atoms with Crippen molar-refractivity contribution in [3.63, 3.8) is 0 Å². The quantitative estimate of drug-likeness (QED) is 0.820. The van der Waals surface area contributed by atoms with Crippen LogP contribution in [0.5, 0.6) is 5.75 Å². The van der Waals surface area contributed by atoms with Crippen LogP contribution in [0.2, 0.25) is 0 Å². The van der Waals surface area contributed by atoms with Gasteiger partial charge in [0.2, 0.25) is 0 Å². The Balaban J connectivity index is 0. The summed E-state index contributed by atoms with van der Waals surface area (Å²) in [6.45, 7) is 4.38. The molecule has 0 atom stereocenters. The molecule has 0 aliphatic heterocycles. The van der Waals surface area contributed by atoms with Crippen molar-refractivity contribution in [2.45, 2.75) is 19.3 Å². The van der Waals surface area contributed by atoms with E-state index in [0.29, 0.717) is 5.75 Å². The molecule has 0 unspecified atom stereocenters. The van der Waals surface area contributed by atoms with Gasteiger partial charge in [-0.2, -0.15) is 0 Å². The molecule has 2 aromatic rings. The number of aromatic hydroxyl groups is 1. The zero-order valence-corrected chi connectivity index (χ0v) is 14.8. The first-order valence-electron chi connectivity index (χ1n) is 5.46. The summed E-state index contributed by atoms with van der Waals surface area (Å²) in [6.07, 6.45) is 0. The zero-order chi connectivity index (χ0) is 11.6. The van der Waals surface area contributed by atoms with E-state index in [-0.39, 0.29) is 57.1 Å². The van der Waals surface area contributed by atoms with Crippen molar-refractivity contribution in [3.05, 3.63) is 65.7 Å². The van der Waals surface area contributed by atoms with Gasteiger partial charge in [-0.05, 0) is 23.3 Å².